The number of thioether (sulfide) groups is 1. The van der Waals surface area contributed by atoms with Crippen LogP contribution in [-0.2, 0) is 11.2 Å². The van der Waals surface area contributed by atoms with E-state index in [0.717, 1.165) is 9.80 Å². The Morgan fingerprint density at radius 3 is 2.46 bits per heavy atom. The van der Waals surface area contributed by atoms with Crippen molar-refractivity contribution in [3.63, 3.8) is 0 Å². The van der Waals surface area contributed by atoms with E-state index in [4.69, 9.17) is 0 Å². The lowest BCUT2D eigenvalue weighted by Gasteiger charge is -2.05. The molecule has 0 N–H and O–H groups in total. The molecule has 0 saturated heterocycles. The molecule has 70 valence electrons. The van der Waals surface area contributed by atoms with E-state index in [1.54, 1.807) is 6.26 Å². The van der Waals surface area contributed by atoms with Gasteiger partial charge >= 0.3 is 0 Å². The van der Waals surface area contributed by atoms with Gasteiger partial charge in [0.2, 0.25) is 0 Å². The lowest BCUT2D eigenvalue weighted by Crippen LogP contribution is -1.96. The van der Waals surface area contributed by atoms with Crippen LogP contribution in [0, 0.1) is 0 Å². The zero-order valence-corrected chi connectivity index (χ0v) is 9.32. The monoisotopic (exact) mass is 212 g/mol. The van der Waals surface area contributed by atoms with Crippen LogP contribution < -0.4 is 0 Å². The molecule has 13 heavy (non-hydrogen) atoms. The highest BCUT2D eigenvalue weighted by molar-refractivity contribution is 8.18. The quantitative estimate of drug-likeness (QED) is 0.719. The molecule has 0 radical (unpaired) electrons. The van der Waals surface area contributed by atoms with Crippen molar-refractivity contribution >= 4 is 29.0 Å². The average Bonchev–Trinajstić information content (AvgIpc) is 2.15. The van der Waals surface area contributed by atoms with Gasteiger partial charge in [-0.1, -0.05) is 42.1 Å². The molecule has 0 aliphatic carbocycles. The van der Waals surface area contributed by atoms with Crippen LogP contribution in [0.4, 0.5) is 0 Å². The fourth-order valence-electron chi connectivity index (χ4n) is 0.945. The first-order valence-electron chi connectivity index (χ1n) is 3.88. The molecule has 1 rings (SSSR count). The van der Waals surface area contributed by atoms with Gasteiger partial charge in [-0.3, -0.25) is 0 Å². The molecule has 0 saturated carbocycles. The van der Waals surface area contributed by atoms with Gasteiger partial charge in [-0.05, 0) is 23.0 Å². The summed E-state index contributed by atoms with van der Waals surface area (Å²) in [5.41, 5.74) is 1.10. The summed E-state index contributed by atoms with van der Waals surface area (Å²) in [5, 5.41) is 0. The Morgan fingerprint density at radius 1 is 1.38 bits per heavy atom. The van der Waals surface area contributed by atoms with Crippen LogP contribution >= 0.6 is 11.8 Å². The fourth-order valence-corrected chi connectivity index (χ4v) is 2.44. The van der Waals surface area contributed by atoms with Gasteiger partial charge in [0.25, 0.3) is 0 Å². The summed E-state index contributed by atoms with van der Waals surface area (Å²) in [7, 11) is 0. The molecular weight excluding hydrogens is 200 g/mol. The smallest absolute Gasteiger partial charge is 0.186 e. The SMILES string of the molecule is CSC(=Cc1ccccc1)[S+](C)[O-]. The van der Waals surface area contributed by atoms with Crippen LogP contribution in [0.5, 0.6) is 0 Å². The average molecular weight is 212 g/mol. The largest absolute Gasteiger partial charge is 0.611 e. The van der Waals surface area contributed by atoms with Crippen LogP contribution in [-0.4, -0.2) is 17.1 Å². The minimum atomic E-state index is -0.880. The molecule has 0 spiro atoms. The maximum Gasteiger partial charge on any atom is 0.186 e. The van der Waals surface area contributed by atoms with E-state index in [2.05, 4.69) is 0 Å². The van der Waals surface area contributed by atoms with Gasteiger partial charge in [-0.25, -0.2) is 0 Å². The molecule has 1 aromatic rings. The third kappa shape index (κ3) is 3.46. The summed E-state index contributed by atoms with van der Waals surface area (Å²) in [6.07, 6.45) is 5.60. The van der Waals surface area contributed by atoms with E-state index in [-0.39, 0.29) is 0 Å². The summed E-state index contributed by atoms with van der Waals surface area (Å²) >= 11 is 0.654. The van der Waals surface area contributed by atoms with E-state index in [9.17, 15) is 4.55 Å². The second kappa shape index (κ2) is 5.37. The highest BCUT2D eigenvalue weighted by Gasteiger charge is 2.05. The maximum absolute atomic E-state index is 11.2. The molecule has 1 atom stereocenters. The van der Waals surface area contributed by atoms with Crippen molar-refractivity contribution in [2.24, 2.45) is 0 Å². The van der Waals surface area contributed by atoms with Crippen molar-refractivity contribution in [1.82, 2.24) is 0 Å². The van der Waals surface area contributed by atoms with Crippen LogP contribution in [0.1, 0.15) is 5.56 Å². The van der Waals surface area contributed by atoms with Crippen LogP contribution in [0.25, 0.3) is 6.08 Å². The molecular formula is C10H12OS2. The van der Waals surface area contributed by atoms with Crippen molar-refractivity contribution in [3.05, 3.63) is 40.1 Å². The van der Waals surface area contributed by atoms with Gasteiger partial charge in [-0.2, -0.15) is 0 Å². The Hall–Kier alpha value is -0.380. The predicted molar refractivity (Wildman–Crippen MR) is 62.0 cm³/mol. The van der Waals surface area contributed by atoms with E-state index < -0.39 is 11.2 Å². The molecule has 3 heteroatoms. The Balaban J connectivity index is 2.85. The molecule has 0 heterocycles. The van der Waals surface area contributed by atoms with Crippen molar-refractivity contribution in [1.29, 1.82) is 0 Å². The van der Waals surface area contributed by atoms with Gasteiger partial charge in [-0.15, -0.1) is 0 Å². The van der Waals surface area contributed by atoms with Crippen LogP contribution in [0.3, 0.4) is 0 Å². The Labute approximate surface area is 86.4 Å². The Bertz CT molecular complexity index is 280. The molecule has 1 unspecified atom stereocenters. The Morgan fingerprint density at radius 2 is 2.00 bits per heavy atom. The van der Waals surface area contributed by atoms with Crippen molar-refractivity contribution < 1.29 is 4.55 Å². The zero-order chi connectivity index (χ0) is 9.68. The molecule has 0 fully saturated rings. The van der Waals surface area contributed by atoms with E-state index in [1.165, 1.54) is 11.8 Å². The van der Waals surface area contributed by atoms with Gasteiger partial charge in [0.1, 0.15) is 6.26 Å². The maximum atomic E-state index is 11.2. The molecule has 1 aromatic carbocycles. The lowest BCUT2D eigenvalue weighted by atomic mass is 10.2. The lowest BCUT2D eigenvalue weighted by molar-refractivity contribution is 0.608. The molecule has 0 bridgehead atoms. The predicted octanol–water partition coefficient (Wildman–Crippen LogP) is 2.73. The normalized spacial score (nSPS) is 14.2. The third-order valence-electron chi connectivity index (χ3n) is 1.57. The van der Waals surface area contributed by atoms with E-state index >= 15 is 0 Å². The highest BCUT2D eigenvalue weighted by atomic mass is 32.3. The number of hydrogen-bond acceptors (Lipinski definition) is 2. The van der Waals surface area contributed by atoms with Crippen molar-refractivity contribution in [2.75, 3.05) is 12.5 Å². The third-order valence-corrected chi connectivity index (χ3v) is 3.98. The van der Waals surface area contributed by atoms with E-state index in [1.807, 2.05) is 42.7 Å². The zero-order valence-electron chi connectivity index (χ0n) is 7.69. The van der Waals surface area contributed by atoms with Crippen LogP contribution in [0.15, 0.2) is 34.6 Å². The van der Waals surface area contributed by atoms with Gasteiger partial charge in [0.15, 0.2) is 4.24 Å². The van der Waals surface area contributed by atoms with Crippen molar-refractivity contribution in [2.45, 2.75) is 0 Å². The standard InChI is InChI=1S/C10H12OS2/c1-12-10(13(2)11)8-9-6-4-3-5-7-9/h3-8H,1-2H3. The van der Waals surface area contributed by atoms with Crippen molar-refractivity contribution in [3.8, 4) is 0 Å². The highest BCUT2D eigenvalue weighted by Crippen LogP contribution is 2.21. The second-order valence-electron chi connectivity index (χ2n) is 2.53. The summed E-state index contributed by atoms with van der Waals surface area (Å²) in [4.78, 5) is 0. The Kier molecular flexibility index (Phi) is 4.42. The van der Waals surface area contributed by atoms with Crippen LogP contribution in [0.2, 0.25) is 0 Å². The van der Waals surface area contributed by atoms with Gasteiger partial charge in [0, 0.05) is 6.08 Å². The first kappa shape index (κ1) is 10.7. The number of hydrogen-bond donors (Lipinski definition) is 0. The summed E-state index contributed by atoms with van der Waals surface area (Å²) in [5.74, 6) is 0. The molecule has 0 amide bonds. The fraction of sp³-hybridized carbons (Fsp3) is 0.200. The minimum Gasteiger partial charge on any atom is -0.611 e. The topological polar surface area (TPSA) is 23.1 Å². The molecule has 0 aromatic heterocycles. The summed E-state index contributed by atoms with van der Waals surface area (Å²) in [6.45, 7) is 0. The molecule has 0 aliphatic heterocycles. The molecule has 1 nitrogen and oxygen atoms in total. The first-order valence-corrected chi connectivity index (χ1v) is 6.66. The minimum absolute atomic E-state index is 0.880. The second-order valence-corrected chi connectivity index (χ2v) is 4.99. The van der Waals surface area contributed by atoms with Gasteiger partial charge in [0.05, 0.1) is 0 Å². The number of benzene rings is 1. The van der Waals surface area contributed by atoms with E-state index in [0.29, 0.717) is 0 Å². The number of rotatable bonds is 3. The molecule has 0 aliphatic rings. The summed E-state index contributed by atoms with van der Waals surface area (Å²) in [6, 6.07) is 9.93. The van der Waals surface area contributed by atoms with Gasteiger partial charge < -0.3 is 4.55 Å². The first-order chi connectivity index (χ1) is 6.24. The summed E-state index contributed by atoms with van der Waals surface area (Å²) < 4.78 is 12.1.